The third-order valence-corrected chi connectivity index (χ3v) is 4.08. The number of likely N-dealkylation sites (N-methyl/N-ethyl adjacent to an activating group) is 1. The number of nitrogens with one attached hydrogen (secondary N) is 1. The lowest BCUT2D eigenvalue weighted by atomic mass is 10.0. The first kappa shape index (κ1) is 17.6. The Hall–Kier alpha value is -3.21. The van der Waals surface area contributed by atoms with Crippen LogP contribution in [0.15, 0.2) is 66.7 Å². The van der Waals surface area contributed by atoms with Gasteiger partial charge in [-0.25, -0.2) is 4.39 Å². The average Bonchev–Trinajstić information content (AvgIpc) is 2.61. The van der Waals surface area contributed by atoms with Crippen molar-refractivity contribution in [3.05, 3.63) is 78.1 Å². The molecule has 0 unspecified atom stereocenters. The molecule has 0 atom stereocenters. The Labute approximate surface area is 151 Å². The molecule has 0 aliphatic heterocycles. The molecule has 0 fully saturated rings. The molecule has 3 aromatic rings. The number of rotatable bonds is 5. The van der Waals surface area contributed by atoms with E-state index < -0.39 is 5.82 Å². The molecule has 0 heterocycles. The Morgan fingerprint density at radius 2 is 1.73 bits per heavy atom. The zero-order valence-electron chi connectivity index (χ0n) is 14.4. The molecule has 2 amide bonds. The topological polar surface area (TPSA) is 49.4 Å². The Morgan fingerprint density at radius 1 is 0.962 bits per heavy atom. The van der Waals surface area contributed by atoms with E-state index in [2.05, 4.69) is 5.32 Å². The molecular weight excluding hydrogens is 331 g/mol. The monoisotopic (exact) mass is 350 g/mol. The van der Waals surface area contributed by atoms with Gasteiger partial charge in [-0.3, -0.25) is 9.59 Å². The zero-order valence-corrected chi connectivity index (χ0v) is 14.4. The van der Waals surface area contributed by atoms with Crippen LogP contribution in [0.1, 0.15) is 5.56 Å². The van der Waals surface area contributed by atoms with E-state index in [4.69, 9.17) is 0 Å². The van der Waals surface area contributed by atoms with Crippen LogP contribution in [0.2, 0.25) is 0 Å². The van der Waals surface area contributed by atoms with E-state index in [0.29, 0.717) is 5.69 Å². The highest BCUT2D eigenvalue weighted by atomic mass is 19.1. The highest BCUT2D eigenvalue weighted by molar-refractivity contribution is 5.94. The maximum Gasteiger partial charge on any atom is 0.243 e. The molecule has 0 aliphatic carbocycles. The van der Waals surface area contributed by atoms with Crippen molar-refractivity contribution in [3.63, 3.8) is 0 Å². The largest absolute Gasteiger partial charge is 0.336 e. The van der Waals surface area contributed by atoms with Crippen molar-refractivity contribution < 1.29 is 14.0 Å². The number of hydrogen-bond donors (Lipinski definition) is 1. The highest BCUT2D eigenvalue weighted by Gasteiger charge is 2.14. The van der Waals surface area contributed by atoms with Gasteiger partial charge in [0, 0.05) is 12.7 Å². The summed E-state index contributed by atoms with van der Waals surface area (Å²) in [4.78, 5) is 25.8. The first-order chi connectivity index (χ1) is 12.5. The summed E-state index contributed by atoms with van der Waals surface area (Å²) < 4.78 is 13.1. The predicted molar refractivity (Wildman–Crippen MR) is 100 cm³/mol. The fourth-order valence-electron chi connectivity index (χ4n) is 2.73. The highest BCUT2D eigenvalue weighted by Crippen LogP contribution is 2.16. The van der Waals surface area contributed by atoms with Crippen LogP contribution in [0.4, 0.5) is 10.1 Å². The maximum atomic E-state index is 13.1. The van der Waals surface area contributed by atoms with E-state index in [-0.39, 0.29) is 24.8 Å². The molecule has 3 rings (SSSR count). The molecule has 0 aromatic heterocycles. The lowest BCUT2D eigenvalue weighted by Gasteiger charge is -2.17. The molecule has 0 aliphatic rings. The fraction of sp³-hybridized carbons (Fsp3) is 0.143. The fourth-order valence-corrected chi connectivity index (χ4v) is 2.73. The van der Waals surface area contributed by atoms with Gasteiger partial charge < -0.3 is 10.2 Å². The average molecular weight is 350 g/mol. The van der Waals surface area contributed by atoms with Crippen molar-refractivity contribution >= 4 is 28.3 Å². The van der Waals surface area contributed by atoms with Crippen molar-refractivity contribution in [2.45, 2.75) is 6.42 Å². The standard InChI is InChI=1S/C21H19FN2O2/c1-24(14-20(25)23-19-8-4-7-18(22)13-19)21(26)12-15-9-10-16-5-2-3-6-17(16)11-15/h2-11,13H,12,14H2,1H3,(H,23,25). The normalized spacial score (nSPS) is 10.5. The number of carbonyl (C=O) groups excluding carboxylic acids is 2. The van der Waals surface area contributed by atoms with Gasteiger partial charge in [0.2, 0.25) is 11.8 Å². The van der Waals surface area contributed by atoms with Crippen molar-refractivity contribution in [3.8, 4) is 0 Å². The van der Waals surface area contributed by atoms with Gasteiger partial charge in [-0.1, -0.05) is 48.5 Å². The van der Waals surface area contributed by atoms with E-state index in [0.717, 1.165) is 16.3 Å². The first-order valence-corrected chi connectivity index (χ1v) is 8.28. The lowest BCUT2D eigenvalue weighted by Crippen LogP contribution is -2.35. The zero-order chi connectivity index (χ0) is 18.5. The summed E-state index contributed by atoms with van der Waals surface area (Å²) in [6, 6.07) is 19.5. The van der Waals surface area contributed by atoms with Crippen LogP contribution in [0.5, 0.6) is 0 Å². The molecule has 26 heavy (non-hydrogen) atoms. The third-order valence-electron chi connectivity index (χ3n) is 4.08. The Balaban J connectivity index is 1.59. The van der Waals surface area contributed by atoms with Gasteiger partial charge in [0.05, 0.1) is 13.0 Å². The lowest BCUT2D eigenvalue weighted by molar-refractivity contribution is -0.132. The molecule has 132 valence electrons. The van der Waals surface area contributed by atoms with E-state index in [9.17, 15) is 14.0 Å². The maximum absolute atomic E-state index is 13.1. The first-order valence-electron chi connectivity index (χ1n) is 8.28. The van der Waals surface area contributed by atoms with Crippen LogP contribution in [0.3, 0.4) is 0 Å². The Morgan fingerprint density at radius 3 is 2.50 bits per heavy atom. The molecule has 5 heteroatoms. The van der Waals surface area contributed by atoms with Gasteiger partial charge in [-0.15, -0.1) is 0 Å². The number of amides is 2. The predicted octanol–water partition coefficient (Wildman–Crippen LogP) is 3.62. The molecule has 0 saturated heterocycles. The minimum Gasteiger partial charge on any atom is -0.336 e. The number of nitrogens with zero attached hydrogens (tertiary/aromatic N) is 1. The van der Waals surface area contributed by atoms with Gasteiger partial charge in [0.15, 0.2) is 0 Å². The van der Waals surface area contributed by atoms with Crippen LogP contribution in [0.25, 0.3) is 10.8 Å². The third kappa shape index (κ3) is 4.45. The van der Waals surface area contributed by atoms with Gasteiger partial charge in [0.1, 0.15) is 5.82 Å². The number of halogens is 1. The molecular formula is C21H19FN2O2. The van der Waals surface area contributed by atoms with Crippen LogP contribution < -0.4 is 5.32 Å². The van der Waals surface area contributed by atoms with Gasteiger partial charge in [0.25, 0.3) is 0 Å². The van der Waals surface area contributed by atoms with E-state index in [1.54, 1.807) is 13.1 Å². The molecule has 3 aromatic carbocycles. The van der Waals surface area contributed by atoms with Crippen molar-refractivity contribution in [1.82, 2.24) is 4.90 Å². The van der Waals surface area contributed by atoms with E-state index in [1.165, 1.54) is 23.1 Å². The number of fused-ring (bicyclic) bond motifs is 1. The molecule has 0 spiro atoms. The van der Waals surface area contributed by atoms with Crippen LogP contribution in [-0.4, -0.2) is 30.3 Å². The number of hydrogen-bond acceptors (Lipinski definition) is 2. The van der Waals surface area contributed by atoms with Crippen molar-refractivity contribution in [2.24, 2.45) is 0 Å². The van der Waals surface area contributed by atoms with Crippen molar-refractivity contribution in [1.29, 1.82) is 0 Å². The van der Waals surface area contributed by atoms with Gasteiger partial charge >= 0.3 is 0 Å². The summed E-state index contributed by atoms with van der Waals surface area (Å²) in [5.74, 6) is -0.955. The number of carbonyl (C=O) groups is 2. The van der Waals surface area contributed by atoms with Crippen molar-refractivity contribution in [2.75, 3.05) is 18.9 Å². The molecule has 0 saturated carbocycles. The van der Waals surface area contributed by atoms with E-state index in [1.807, 2.05) is 42.5 Å². The number of benzene rings is 3. The van der Waals surface area contributed by atoms with Crippen LogP contribution in [-0.2, 0) is 16.0 Å². The Bertz CT molecular complexity index is 955. The van der Waals surface area contributed by atoms with Crippen LogP contribution in [0, 0.1) is 5.82 Å². The number of anilines is 1. The van der Waals surface area contributed by atoms with E-state index >= 15 is 0 Å². The molecule has 4 nitrogen and oxygen atoms in total. The quantitative estimate of drug-likeness (QED) is 0.764. The summed E-state index contributed by atoms with van der Waals surface area (Å²) in [5, 5.41) is 4.77. The molecule has 0 radical (unpaired) electrons. The second-order valence-electron chi connectivity index (χ2n) is 6.17. The minimum absolute atomic E-state index is 0.0943. The minimum atomic E-state index is -0.427. The van der Waals surface area contributed by atoms with Gasteiger partial charge in [-0.05, 0) is 34.5 Å². The smallest absolute Gasteiger partial charge is 0.243 e. The second-order valence-corrected chi connectivity index (χ2v) is 6.17. The molecule has 0 bridgehead atoms. The second kappa shape index (κ2) is 7.78. The SMILES string of the molecule is CN(CC(=O)Nc1cccc(F)c1)C(=O)Cc1ccc2ccccc2c1. The summed E-state index contributed by atoms with van der Waals surface area (Å²) in [7, 11) is 1.58. The molecule has 1 N–H and O–H groups in total. The van der Waals surface area contributed by atoms with Gasteiger partial charge in [-0.2, -0.15) is 0 Å². The summed E-state index contributed by atoms with van der Waals surface area (Å²) in [6.07, 6.45) is 0.217. The summed E-state index contributed by atoms with van der Waals surface area (Å²) >= 11 is 0. The van der Waals surface area contributed by atoms with Crippen LogP contribution >= 0.6 is 0 Å². The summed E-state index contributed by atoms with van der Waals surface area (Å²) in [6.45, 7) is -0.0943. The summed E-state index contributed by atoms with van der Waals surface area (Å²) in [5.41, 5.74) is 1.26. The Kier molecular flexibility index (Phi) is 5.27.